The molecule has 4 heteroatoms. The van der Waals surface area contributed by atoms with Crippen LogP contribution in [0.15, 0.2) is 18.2 Å². The molecule has 1 aliphatic heterocycles. The lowest BCUT2D eigenvalue weighted by molar-refractivity contribution is -0.120. The lowest BCUT2D eigenvalue weighted by atomic mass is 10.0. The molecule has 0 spiro atoms. The molecule has 0 fully saturated rings. The summed E-state index contributed by atoms with van der Waals surface area (Å²) in [6.07, 6.45) is 3.14. The molecule has 4 nitrogen and oxygen atoms in total. The van der Waals surface area contributed by atoms with Gasteiger partial charge in [0.25, 0.3) is 0 Å². The van der Waals surface area contributed by atoms with E-state index < -0.39 is 0 Å². The monoisotopic (exact) mass is 248 g/mol. The molecule has 0 atom stereocenters. The van der Waals surface area contributed by atoms with E-state index in [0.717, 1.165) is 31.5 Å². The molecule has 98 valence electrons. The molecule has 0 saturated carbocycles. The van der Waals surface area contributed by atoms with Crippen molar-refractivity contribution < 1.29 is 9.53 Å². The molecular weight excluding hydrogens is 228 g/mol. The van der Waals surface area contributed by atoms with Gasteiger partial charge in [-0.2, -0.15) is 0 Å². The summed E-state index contributed by atoms with van der Waals surface area (Å²) in [4.78, 5) is 11.6. The Labute approximate surface area is 108 Å². The number of aryl methyl sites for hydroxylation is 1. The van der Waals surface area contributed by atoms with Gasteiger partial charge in [-0.1, -0.05) is 6.92 Å². The standard InChI is InChI=1S/C14H20N2O2/c1-2-8-18-10-14(17)16-12-5-6-13-11(9-12)4-3-7-15-13/h5-6,9,15H,2-4,7-8,10H2,1H3,(H,16,17). The summed E-state index contributed by atoms with van der Waals surface area (Å²) in [5.41, 5.74) is 3.30. The highest BCUT2D eigenvalue weighted by atomic mass is 16.5. The number of ether oxygens (including phenoxy) is 1. The van der Waals surface area contributed by atoms with Crippen LogP contribution in [0.1, 0.15) is 25.3 Å². The van der Waals surface area contributed by atoms with Gasteiger partial charge in [-0.15, -0.1) is 0 Å². The van der Waals surface area contributed by atoms with Gasteiger partial charge in [0, 0.05) is 24.5 Å². The number of carbonyl (C=O) groups is 1. The number of nitrogens with one attached hydrogen (secondary N) is 2. The van der Waals surface area contributed by atoms with E-state index in [1.807, 2.05) is 25.1 Å². The number of fused-ring (bicyclic) bond motifs is 1. The third kappa shape index (κ3) is 3.47. The molecular formula is C14H20N2O2. The summed E-state index contributed by atoms with van der Waals surface area (Å²) < 4.78 is 5.21. The van der Waals surface area contributed by atoms with Gasteiger partial charge in [-0.25, -0.2) is 0 Å². The minimum atomic E-state index is -0.0906. The van der Waals surface area contributed by atoms with Crippen molar-refractivity contribution in [2.24, 2.45) is 0 Å². The average Bonchev–Trinajstić information content (AvgIpc) is 2.39. The first-order chi connectivity index (χ1) is 8.79. The fourth-order valence-corrected chi connectivity index (χ4v) is 2.06. The maximum Gasteiger partial charge on any atom is 0.250 e. The van der Waals surface area contributed by atoms with Gasteiger partial charge in [0.15, 0.2) is 0 Å². The zero-order valence-electron chi connectivity index (χ0n) is 10.8. The lowest BCUT2D eigenvalue weighted by Gasteiger charge is -2.18. The molecule has 1 heterocycles. The first kappa shape index (κ1) is 12.9. The van der Waals surface area contributed by atoms with Gasteiger partial charge in [0.1, 0.15) is 6.61 Å². The largest absolute Gasteiger partial charge is 0.385 e. The highest BCUT2D eigenvalue weighted by Crippen LogP contribution is 2.24. The lowest BCUT2D eigenvalue weighted by Crippen LogP contribution is -2.19. The van der Waals surface area contributed by atoms with E-state index in [1.54, 1.807) is 0 Å². The highest BCUT2D eigenvalue weighted by Gasteiger charge is 2.09. The Morgan fingerprint density at radius 3 is 3.22 bits per heavy atom. The molecule has 1 aromatic rings. The van der Waals surface area contributed by atoms with Crippen LogP contribution in [0, 0.1) is 0 Å². The smallest absolute Gasteiger partial charge is 0.250 e. The Morgan fingerprint density at radius 2 is 2.39 bits per heavy atom. The van der Waals surface area contributed by atoms with E-state index in [1.165, 1.54) is 11.3 Å². The molecule has 1 aliphatic rings. The van der Waals surface area contributed by atoms with Crippen LogP contribution in [0.2, 0.25) is 0 Å². The summed E-state index contributed by atoms with van der Waals surface area (Å²) in [5, 5.41) is 6.21. The Kier molecular flexibility index (Phi) is 4.59. The van der Waals surface area contributed by atoms with Crippen molar-refractivity contribution in [3.63, 3.8) is 0 Å². The number of benzene rings is 1. The van der Waals surface area contributed by atoms with E-state index in [2.05, 4.69) is 10.6 Å². The first-order valence-corrected chi connectivity index (χ1v) is 6.54. The Hall–Kier alpha value is -1.55. The molecule has 0 radical (unpaired) electrons. The molecule has 0 saturated heterocycles. The molecule has 1 aromatic carbocycles. The van der Waals surface area contributed by atoms with Crippen molar-refractivity contribution >= 4 is 17.3 Å². The first-order valence-electron chi connectivity index (χ1n) is 6.54. The number of amides is 1. The Morgan fingerprint density at radius 1 is 1.50 bits per heavy atom. The van der Waals surface area contributed by atoms with Crippen LogP contribution < -0.4 is 10.6 Å². The summed E-state index contributed by atoms with van der Waals surface area (Å²) >= 11 is 0. The van der Waals surface area contributed by atoms with Crippen LogP contribution >= 0.6 is 0 Å². The second kappa shape index (κ2) is 6.40. The SMILES string of the molecule is CCCOCC(=O)Nc1ccc2c(c1)CCCN2. The quantitative estimate of drug-likeness (QED) is 0.787. The topological polar surface area (TPSA) is 50.4 Å². The Bertz CT molecular complexity index is 418. The van der Waals surface area contributed by atoms with Crippen LogP contribution in [-0.4, -0.2) is 25.7 Å². The predicted molar refractivity (Wildman–Crippen MR) is 73.0 cm³/mol. The number of rotatable bonds is 5. The van der Waals surface area contributed by atoms with Crippen LogP contribution in [0.4, 0.5) is 11.4 Å². The van der Waals surface area contributed by atoms with Crippen LogP contribution in [0.5, 0.6) is 0 Å². The Balaban J connectivity index is 1.91. The second-order valence-corrected chi connectivity index (χ2v) is 4.50. The van der Waals surface area contributed by atoms with E-state index in [-0.39, 0.29) is 12.5 Å². The van der Waals surface area contributed by atoms with Crippen molar-refractivity contribution in [2.45, 2.75) is 26.2 Å². The zero-order valence-corrected chi connectivity index (χ0v) is 10.8. The summed E-state index contributed by atoms with van der Waals surface area (Å²) in [6, 6.07) is 5.99. The number of anilines is 2. The summed E-state index contributed by atoms with van der Waals surface area (Å²) in [7, 11) is 0. The van der Waals surface area contributed by atoms with Gasteiger partial charge in [-0.3, -0.25) is 4.79 Å². The maximum atomic E-state index is 11.6. The van der Waals surface area contributed by atoms with E-state index in [4.69, 9.17) is 4.74 Å². The van der Waals surface area contributed by atoms with Gasteiger partial charge in [0.05, 0.1) is 0 Å². The minimum absolute atomic E-state index is 0.0906. The van der Waals surface area contributed by atoms with E-state index in [9.17, 15) is 4.79 Å². The van der Waals surface area contributed by atoms with Crippen molar-refractivity contribution in [1.29, 1.82) is 0 Å². The number of hydrogen-bond acceptors (Lipinski definition) is 3. The predicted octanol–water partition coefficient (Wildman–Crippen LogP) is 2.41. The fourth-order valence-electron chi connectivity index (χ4n) is 2.06. The molecule has 0 bridgehead atoms. The molecule has 0 aliphatic carbocycles. The third-order valence-electron chi connectivity index (χ3n) is 2.91. The molecule has 2 N–H and O–H groups in total. The molecule has 0 aromatic heterocycles. The van der Waals surface area contributed by atoms with Crippen molar-refractivity contribution in [3.05, 3.63) is 23.8 Å². The maximum absolute atomic E-state index is 11.6. The second-order valence-electron chi connectivity index (χ2n) is 4.50. The van der Waals surface area contributed by atoms with Gasteiger partial charge >= 0.3 is 0 Å². The van der Waals surface area contributed by atoms with Crippen molar-refractivity contribution in [3.8, 4) is 0 Å². The highest BCUT2D eigenvalue weighted by molar-refractivity contribution is 5.92. The van der Waals surface area contributed by atoms with Gasteiger partial charge < -0.3 is 15.4 Å². The van der Waals surface area contributed by atoms with Crippen LogP contribution in [-0.2, 0) is 16.0 Å². The van der Waals surface area contributed by atoms with E-state index >= 15 is 0 Å². The van der Waals surface area contributed by atoms with Gasteiger partial charge in [-0.05, 0) is 43.0 Å². The number of carbonyl (C=O) groups excluding carboxylic acids is 1. The molecule has 1 amide bonds. The van der Waals surface area contributed by atoms with Crippen molar-refractivity contribution in [1.82, 2.24) is 0 Å². The summed E-state index contributed by atoms with van der Waals surface area (Å²) in [5.74, 6) is -0.0906. The van der Waals surface area contributed by atoms with E-state index in [0.29, 0.717) is 6.61 Å². The van der Waals surface area contributed by atoms with Crippen molar-refractivity contribution in [2.75, 3.05) is 30.4 Å². The number of hydrogen-bond donors (Lipinski definition) is 2. The minimum Gasteiger partial charge on any atom is -0.385 e. The summed E-state index contributed by atoms with van der Waals surface area (Å²) in [6.45, 7) is 3.81. The zero-order chi connectivity index (χ0) is 12.8. The van der Waals surface area contributed by atoms with Gasteiger partial charge in [0.2, 0.25) is 5.91 Å². The third-order valence-corrected chi connectivity index (χ3v) is 2.91. The normalized spacial score (nSPS) is 13.6. The molecule has 2 rings (SSSR count). The van der Waals surface area contributed by atoms with Crippen LogP contribution in [0.3, 0.4) is 0 Å². The molecule has 0 unspecified atom stereocenters. The molecule has 18 heavy (non-hydrogen) atoms. The van der Waals surface area contributed by atoms with Crippen LogP contribution in [0.25, 0.3) is 0 Å². The fraction of sp³-hybridized carbons (Fsp3) is 0.500. The average molecular weight is 248 g/mol.